The highest BCUT2D eigenvalue weighted by molar-refractivity contribution is 7.99. The molecule has 6 heteroatoms. The third-order valence-corrected chi connectivity index (χ3v) is 4.80. The fourth-order valence-electron chi connectivity index (χ4n) is 2.60. The summed E-state index contributed by atoms with van der Waals surface area (Å²) in [4.78, 5) is 10.6. The van der Waals surface area contributed by atoms with Gasteiger partial charge in [-0.3, -0.25) is 10.1 Å². The first-order valence-electron chi connectivity index (χ1n) is 7.34. The maximum atomic E-state index is 11.0. The van der Waals surface area contributed by atoms with E-state index in [9.17, 15) is 10.1 Å². The average Bonchev–Trinajstić information content (AvgIpc) is 2.92. The quantitative estimate of drug-likeness (QED) is 0.607. The first kappa shape index (κ1) is 15.9. The summed E-state index contributed by atoms with van der Waals surface area (Å²) in [6.07, 6.45) is 6.49. The van der Waals surface area contributed by atoms with E-state index in [2.05, 4.69) is 11.6 Å². The fraction of sp³-hybridized carbons (Fsp3) is 0.600. The van der Waals surface area contributed by atoms with Crippen molar-refractivity contribution < 1.29 is 9.66 Å². The van der Waals surface area contributed by atoms with Crippen molar-refractivity contribution in [3.05, 3.63) is 28.3 Å². The van der Waals surface area contributed by atoms with Crippen LogP contribution in [0.15, 0.2) is 18.2 Å². The van der Waals surface area contributed by atoms with Gasteiger partial charge in [0.25, 0.3) is 0 Å². The smallest absolute Gasteiger partial charge is 0.311 e. The molecule has 1 aliphatic carbocycles. The van der Waals surface area contributed by atoms with Gasteiger partial charge in [0.05, 0.1) is 11.5 Å². The van der Waals surface area contributed by atoms with E-state index in [-0.39, 0.29) is 5.69 Å². The Hall–Kier alpha value is -1.43. The molecule has 1 N–H and O–H groups in total. The second-order valence-corrected chi connectivity index (χ2v) is 6.44. The Morgan fingerprint density at radius 3 is 2.90 bits per heavy atom. The average molecular weight is 310 g/mol. The number of benzene rings is 1. The van der Waals surface area contributed by atoms with E-state index in [0.717, 1.165) is 30.2 Å². The van der Waals surface area contributed by atoms with Crippen molar-refractivity contribution in [3.8, 4) is 5.75 Å². The van der Waals surface area contributed by atoms with Crippen LogP contribution in [0, 0.1) is 10.1 Å². The third kappa shape index (κ3) is 4.27. The molecule has 0 aromatic heterocycles. The van der Waals surface area contributed by atoms with Crippen molar-refractivity contribution >= 4 is 23.1 Å². The van der Waals surface area contributed by atoms with E-state index < -0.39 is 4.92 Å². The number of nitrogens with zero attached hydrogens (tertiary/aromatic N) is 1. The molecule has 1 saturated carbocycles. The summed E-state index contributed by atoms with van der Waals surface area (Å²) in [5.74, 6) is 0.353. The molecule has 0 amide bonds. The number of anilines is 1. The van der Waals surface area contributed by atoms with Gasteiger partial charge in [0, 0.05) is 29.1 Å². The number of nitro groups is 1. The molecule has 1 aromatic carbocycles. The van der Waals surface area contributed by atoms with Crippen molar-refractivity contribution in [1.82, 2.24) is 0 Å². The number of ether oxygens (including phenoxy) is 1. The van der Waals surface area contributed by atoms with Crippen molar-refractivity contribution in [2.45, 2.75) is 43.9 Å². The number of rotatable bonds is 7. The van der Waals surface area contributed by atoms with E-state index in [1.807, 2.05) is 18.7 Å². The lowest BCUT2D eigenvalue weighted by Gasteiger charge is -2.15. The van der Waals surface area contributed by atoms with Crippen LogP contribution in [0.3, 0.4) is 0 Å². The second-order valence-electron chi connectivity index (χ2n) is 5.30. The molecule has 1 aromatic rings. The van der Waals surface area contributed by atoms with Crippen LogP contribution in [0.25, 0.3) is 0 Å². The van der Waals surface area contributed by atoms with Crippen molar-refractivity contribution in [3.63, 3.8) is 0 Å². The van der Waals surface area contributed by atoms with E-state index in [0.29, 0.717) is 18.4 Å². The van der Waals surface area contributed by atoms with Gasteiger partial charge in [-0.15, -0.1) is 0 Å². The van der Waals surface area contributed by atoms with Gasteiger partial charge in [-0.2, -0.15) is 11.8 Å². The van der Waals surface area contributed by atoms with Crippen LogP contribution in [0.1, 0.15) is 32.6 Å². The number of nitrogens with one attached hydrogen (secondary N) is 1. The molecule has 0 saturated heterocycles. The molecule has 5 nitrogen and oxygen atoms in total. The van der Waals surface area contributed by atoms with Gasteiger partial charge in [-0.1, -0.05) is 6.92 Å². The van der Waals surface area contributed by atoms with Crippen LogP contribution in [-0.2, 0) is 0 Å². The lowest BCUT2D eigenvalue weighted by molar-refractivity contribution is -0.385. The van der Waals surface area contributed by atoms with Crippen molar-refractivity contribution in [2.24, 2.45) is 0 Å². The Kier molecular flexibility index (Phi) is 5.73. The normalized spacial score (nSPS) is 21.2. The van der Waals surface area contributed by atoms with Crippen molar-refractivity contribution in [2.75, 3.05) is 18.2 Å². The van der Waals surface area contributed by atoms with Crippen LogP contribution in [0.2, 0.25) is 0 Å². The number of thioether (sulfide) groups is 1. The molecular weight excluding hydrogens is 288 g/mol. The molecule has 0 bridgehead atoms. The zero-order chi connectivity index (χ0) is 15.2. The number of hydrogen-bond donors (Lipinski definition) is 1. The summed E-state index contributed by atoms with van der Waals surface area (Å²) >= 11 is 1.91. The molecule has 2 atom stereocenters. The monoisotopic (exact) mass is 310 g/mol. The van der Waals surface area contributed by atoms with Gasteiger partial charge in [0.2, 0.25) is 0 Å². The molecule has 0 heterocycles. The van der Waals surface area contributed by atoms with Gasteiger partial charge in [-0.25, -0.2) is 0 Å². The van der Waals surface area contributed by atoms with Crippen molar-refractivity contribution in [1.29, 1.82) is 0 Å². The van der Waals surface area contributed by atoms with Gasteiger partial charge >= 0.3 is 5.69 Å². The Bertz CT molecular complexity index is 496. The van der Waals surface area contributed by atoms with Crippen LogP contribution < -0.4 is 10.1 Å². The lowest BCUT2D eigenvalue weighted by atomic mass is 10.2. The minimum Gasteiger partial charge on any atom is -0.487 e. The second kappa shape index (κ2) is 7.54. The minimum atomic E-state index is -0.395. The van der Waals surface area contributed by atoms with Crippen LogP contribution in [0.4, 0.5) is 11.4 Å². The van der Waals surface area contributed by atoms with E-state index >= 15 is 0 Å². The highest BCUT2D eigenvalue weighted by Gasteiger charge is 2.24. The standard InChI is InChI=1S/C15H22N2O3S/c1-3-8-20-15-10-12(5-7-14(15)17(18)19)16-11-4-6-13(9-11)21-2/h5,7,10-11,13,16H,3-4,6,8-9H2,1-2H3. The maximum absolute atomic E-state index is 11.0. The fourth-order valence-corrected chi connectivity index (χ4v) is 3.40. The first-order chi connectivity index (χ1) is 10.1. The van der Waals surface area contributed by atoms with Crippen LogP contribution in [0.5, 0.6) is 5.75 Å². The van der Waals surface area contributed by atoms with Gasteiger partial charge in [0.15, 0.2) is 5.75 Å². The summed E-state index contributed by atoms with van der Waals surface area (Å²) in [5.41, 5.74) is 0.931. The van der Waals surface area contributed by atoms with E-state index in [4.69, 9.17) is 4.74 Å². The predicted molar refractivity (Wildman–Crippen MR) is 87.4 cm³/mol. The molecule has 116 valence electrons. The van der Waals surface area contributed by atoms with Crippen LogP contribution >= 0.6 is 11.8 Å². The SMILES string of the molecule is CCCOc1cc(NC2CCC(SC)C2)ccc1[N+](=O)[O-]. The molecule has 0 aliphatic heterocycles. The molecular formula is C15H22N2O3S. The first-order valence-corrected chi connectivity index (χ1v) is 8.63. The van der Waals surface area contributed by atoms with Gasteiger partial charge in [0.1, 0.15) is 0 Å². The molecule has 1 aliphatic rings. The Morgan fingerprint density at radius 1 is 1.48 bits per heavy atom. The maximum Gasteiger partial charge on any atom is 0.311 e. The van der Waals surface area contributed by atoms with Gasteiger partial charge in [-0.05, 0) is 38.0 Å². The largest absolute Gasteiger partial charge is 0.487 e. The zero-order valence-electron chi connectivity index (χ0n) is 12.5. The highest BCUT2D eigenvalue weighted by Crippen LogP contribution is 2.33. The molecule has 2 unspecified atom stereocenters. The molecule has 2 rings (SSSR count). The third-order valence-electron chi connectivity index (χ3n) is 3.71. The van der Waals surface area contributed by atoms with E-state index in [1.165, 1.54) is 12.5 Å². The molecule has 21 heavy (non-hydrogen) atoms. The Morgan fingerprint density at radius 2 is 2.29 bits per heavy atom. The molecule has 0 spiro atoms. The Labute approximate surface area is 129 Å². The summed E-state index contributed by atoms with van der Waals surface area (Å²) < 4.78 is 5.51. The zero-order valence-corrected chi connectivity index (χ0v) is 13.3. The predicted octanol–water partition coefficient (Wildman–Crippen LogP) is 4.08. The van der Waals surface area contributed by atoms with E-state index in [1.54, 1.807) is 12.1 Å². The lowest BCUT2D eigenvalue weighted by Crippen LogP contribution is -2.16. The topological polar surface area (TPSA) is 64.4 Å². The summed E-state index contributed by atoms with van der Waals surface area (Å²) in [7, 11) is 0. The highest BCUT2D eigenvalue weighted by atomic mass is 32.2. The van der Waals surface area contributed by atoms with Gasteiger partial charge < -0.3 is 10.1 Å². The van der Waals surface area contributed by atoms with Crippen LogP contribution in [-0.4, -0.2) is 29.1 Å². The number of nitro benzene ring substituents is 1. The summed E-state index contributed by atoms with van der Waals surface area (Å²) in [6.45, 7) is 2.47. The molecule has 1 fully saturated rings. The minimum absolute atomic E-state index is 0.0300. The summed E-state index contributed by atoms with van der Waals surface area (Å²) in [5, 5.41) is 15.2. The summed E-state index contributed by atoms with van der Waals surface area (Å²) in [6, 6.07) is 5.49. The Balaban J connectivity index is 2.08. The number of hydrogen-bond acceptors (Lipinski definition) is 5. The molecule has 0 radical (unpaired) electrons.